The molecule has 0 radical (unpaired) electrons. The van der Waals surface area contributed by atoms with Gasteiger partial charge in [-0.05, 0) is 36.5 Å². The number of hydrogen-bond acceptors (Lipinski definition) is 3. The Balaban J connectivity index is 1.81. The Hall–Kier alpha value is -2.04. The Bertz CT molecular complexity index is 524. The van der Waals surface area contributed by atoms with Crippen LogP contribution in [0.3, 0.4) is 0 Å². The number of carboxylic acids is 1. The molecule has 0 spiro atoms. The van der Waals surface area contributed by atoms with Gasteiger partial charge in [0.05, 0.1) is 5.92 Å². The number of rotatable bonds is 6. The van der Waals surface area contributed by atoms with Crippen LogP contribution in [0.4, 0.5) is 0 Å². The first-order valence-corrected chi connectivity index (χ1v) is 7.72. The van der Waals surface area contributed by atoms with E-state index < -0.39 is 11.9 Å². The molecule has 1 aromatic carbocycles. The van der Waals surface area contributed by atoms with Crippen LogP contribution in [-0.2, 0) is 9.59 Å². The van der Waals surface area contributed by atoms with E-state index in [9.17, 15) is 9.59 Å². The normalized spacial score (nSPS) is 20.9. The summed E-state index contributed by atoms with van der Waals surface area (Å²) >= 11 is 0. The number of carbonyl (C=O) groups excluding carboxylic acids is 1. The second kappa shape index (κ2) is 7.29. The summed E-state index contributed by atoms with van der Waals surface area (Å²) in [4.78, 5) is 23.0. The van der Waals surface area contributed by atoms with Gasteiger partial charge in [-0.15, -0.1) is 0 Å². The zero-order valence-corrected chi connectivity index (χ0v) is 13.0. The van der Waals surface area contributed by atoms with Gasteiger partial charge in [0, 0.05) is 6.04 Å². The van der Waals surface area contributed by atoms with E-state index in [0.29, 0.717) is 24.5 Å². The van der Waals surface area contributed by atoms with E-state index in [4.69, 9.17) is 9.84 Å². The molecule has 120 valence electrons. The van der Waals surface area contributed by atoms with Crippen molar-refractivity contribution in [3.05, 3.63) is 29.8 Å². The second-order valence-corrected chi connectivity index (χ2v) is 6.06. The van der Waals surface area contributed by atoms with Gasteiger partial charge in [-0.2, -0.15) is 0 Å². The predicted octanol–water partition coefficient (Wildman–Crippen LogP) is 2.56. The van der Waals surface area contributed by atoms with Crippen LogP contribution in [0.25, 0.3) is 0 Å². The van der Waals surface area contributed by atoms with E-state index in [2.05, 4.69) is 19.2 Å². The quantitative estimate of drug-likeness (QED) is 0.847. The summed E-state index contributed by atoms with van der Waals surface area (Å²) in [7, 11) is 0. The van der Waals surface area contributed by atoms with Gasteiger partial charge in [-0.1, -0.05) is 32.4 Å². The summed E-state index contributed by atoms with van der Waals surface area (Å²) in [5.41, 5.74) is 1.21. The first kappa shape index (κ1) is 16.3. The first-order valence-electron chi connectivity index (χ1n) is 7.72. The Morgan fingerprint density at radius 2 is 1.95 bits per heavy atom. The van der Waals surface area contributed by atoms with E-state index in [0.717, 1.165) is 6.42 Å². The van der Waals surface area contributed by atoms with Gasteiger partial charge in [0.2, 0.25) is 0 Å². The summed E-state index contributed by atoms with van der Waals surface area (Å²) in [5.74, 6) is -0.498. The van der Waals surface area contributed by atoms with Crippen LogP contribution in [0.5, 0.6) is 5.75 Å². The van der Waals surface area contributed by atoms with E-state index >= 15 is 0 Å². The van der Waals surface area contributed by atoms with Crippen molar-refractivity contribution in [2.75, 3.05) is 6.61 Å². The lowest BCUT2D eigenvalue weighted by Crippen LogP contribution is -2.42. The molecule has 2 rings (SSSR count). The lowest BCUT2D eigenvalue weighted by Gasteiger charge is -2.17. The van der Waals surface area contributed by atoms with Crippen LogP contribution in [0.2, 0.25) is 0 Å². The minimum absolute atomic E-state index is 0.0934. The standard InChI is InChI=1S/C17H23NO4/c1-11(2)12-6-8-13(9-7-12)22-10-16(19)18-15-5-3-4-14(15)17(20)21/h6-9,11,14-15H,3-5,10H2,1-2H3,(H,18,19)(H,20,21)/t14-,15+/m0/s1. The lowest BCUT2D eigenvalue weighted by molar-refractivity contribution is -0.142. The molecule has 5 heteroatoms. The molecule has 1 fully saturated rings. The number of nitrogens with one attached hydrogen (secondary N) is 1. The highest BCUT2D eigenvalue weighted by Crippen LogP contribution is 2.25. The maximum atomic E-state index is 11.9. The SMILES string of the molecule is CC(C)c1ccc(OCC(=O)N[C@@H]2CCC[C@@H]2C(=O)O)cc1. The minimum atomic E-state index is -0.840. The van der Waals surface area contributed by atoms with Crippen LogP contribution < -0.4 is 10.1 Å². The highest BCUT2D eigenvalue weighted by molar-refractivity contribution is 5.79. The van der Waals surface area contributed by atoms with Gasteiger partial charge in [-0.3, -0.25) is 9.59 Å². The average Bonchev–Trinajstić information content (AvgIpc) is 2.94. The molecule has 0 saturated heterocycles. The Kier molecular flexibility index (Phi) is 5.41. The number of ether oxygens (including phenoxy) is 1. The number of carboxylic acid groups (broad SMARTS) is 1. The van der Waals surface area contributed by atoms with Crippen molar-refractivity contribution in [3.8, 4) is 5.75 Å². The zero-order valence-electron chi connectivity index (χ0n) is 13.0. The molecular formula is C17H23NO4. The molecule has 0 bridgehead atoms. The molecule has 22 heavy (non-hydrogen) atoms. The van der Waals surface area contributed by atoms with Crippen molar-refractivity contribution in [3.63, 3.8) is 0 Å². The van der Waals surface area contributed by atoms with Crippen LogP contribution >= 0.6 is 0 Å². The average molecular weight is 305 g/mol. The molecule has 1 aliphatic carbocycles. The largest absolute Gasteiger partial charge is 0.484 e. The third-order valence-corrected chi connectivity index (χ3v) is 4.10. The number of hydrogen-bond donors (Lipinski definition) is 2. The number of carbonyl (C=O) groups is 2. The van der Waals surface area contributed by atoms with Gasteiger partial charge < -0.3 is 15.2 Å². The molecule has 0 aliphatic heterocycles. The predicted molar refractivity (Wildman–Crippen MR) is 82.9 cm³/mol. The number of amides is 1. The first-order chi connectivity index (χ1) is 10.5. The maximum Gasteiger partial charge on any atom is 0.308 e. The lowest BCUT2D eigenvalue weighted by atomic mass is 10.0. The Morgan fingerprint density at radius 3 is 2.55 bits per heavy atom. The van der Waals surface area contributed by atoms with Crippen LogP contribution in [0, 0.1) is 5.92 Å². The Morgan fingerprint density at radius 1 is 1.27 bits per heavy atom. The third kappa shape index (κ3) is 4.23. The molecule has 1 aromatic rings. The second-order valence-electron chi connectivity index (χ2n) is 6.06. The van der Waals surface area contributed by atoms with Gasteiger partial charge in [0.25, 0.3) is 5.91 Å². The highest BCUT2D eigenvalue weighted by Gasteiger charge is 2.33. The molecule has 1 saturated carbocycles. The van der Waals surface area contributed by atoms with E-state index in [-0.39, 0.29) is 18.6 Å². The summed E-state index contributed by atoms with van der Waals surface area (Å²) in [6.07, 6.45) is 2.17. The van der Waals surface area contributed by atoms with Crippen molar-refractivity contribution < 1.29 is 19.4 Å². The van der Waals surface area contributed by atoms with Crippen molar-refractivity contribution in [2.45, 2.75) is 45.1 Å². The molecule has 5 nitrogen and oxygen atoms in total. The van der Waals surface area contributed by atoms with Crippen LogP contribution in [0.1, 0.15) is 44.6 Å². The third-order valence-electron chi connectivity index (χ3n) is 4.10. The fraction of sp³-hybridized carbons (Fsp3) is 0.529. The van der Waals surface area contributed by atoms with E-state index in [1.807, 2.05) is 24.3 Å². The summed E-state index contributed by atoms with van der Waals surface area (Å²) in [6, 6.07) is 7.37. The summed E-state index contributed by atoms with van der Waals surface area (Å²) in [5, 5.41) is 11.9. The molecule has 2 N–H and O–H groups in total. The molecule has 2 atom stereocenters. The van der Waals surface area contributed by atoms with E-state index in [1.165, 1.54) is 5.56 Å². The van der Waals surface area contributed by atoms with Gasteiger partial charge in [0.15, 0.2) is 6.61 Å². The molecule has 0 unspecified atom stereocenters. The number of benzene rings is 1. The molecular weight excluding hydrogens is 282 g/mol. The smallest absolute Gasteiger partial charge is 0.308 e. The number of aliphatic carboxylic acids is 1. The molecule has 0 aromatic heterocycles. The van der Waals surface area contributed by atoms with Crippen molar-refractivity contribution in [1.82, 2.24) is 5.32 Å². The van der Waals surface area contributed by atoms with E-state index in [1.54, 1.807) is 0 Å². The Labute approximate surface area is 130 Å². The van der Waals surface area contributed by atoms with Crippen molar-refractivity contribution >= 4 is 11.9 Å². The van der Waals surface area contributed by atoms with Crippen molar-refractivity contribution in [1.29, 1.82) is 0 Å². The minimum Gasteiger partial charge on any atom is -0.484 e. The summed E-state index contributed by atoms with van der Waals surface area (Å²) in [6.45, 7) is 4.14. The summed E-state index contributed by atoms with van der Waals surface area (Å²) < 4.78 is 5.45. The maximum absolute atomic E-state index is 11.9. The molecule has 1 amide bonds. The van der Waals surface area contributed by atoms with Crippen molar-refractivity contribution in [2.24, 2.45) is 5.92 Å². The van der Waals surface area contributed by atoms with Gasteiger partial charge in [0.1, 0.15) is 5.75 Å². The van der Waals surface area contributed by atoms with Crippen LogP contribution in [-0.4, -0.2) is 29.6 Å². The fourth-order valence-corrected chi connectivity index (χ4v) is 2.77. The molecule has 0 heterocycles. The topological polar surface area (TPSA) is 75.6 Å². The highest BCUT2D eigenvalue weighted by atomic mass is 16.5. The van der Waals surface area contributed by atoms with Gasteiger partial charge >= 0.3 is 5.97 Å². The fourth-order valence-electron chi connectivity index (χ4n) is 2.77. The van der Waals surface area contributed by atoms with Crippen LogP contribution in [0.15, 0.2) is 24.3 Å². The van der Waals surface area contributed by atoms with Gasteiger partial charge in [-0.25, -0.2) is 0 Å². The molecule has 1 aliphatic rings. The monoisotopic (exact) mass is 305 g/mol. The zero-order chi connectivity index (χ0) is 16.1.